The number of benzene rings is 1. The molecular formula is C11H6O2. The molecule has 13 heavy (non-hydrogen) atoms. The molecule has 0 radical (unpaired) electrons. The number of carbonyl (C=O) groups is 1. The van der Waals surface area contributed by atoms with Crippen molar-refractivity contribution in [3.8, 4) is 24.7 Å². The first-order valence-corrected chi connectivity index (χ1v) is 3.50. The molecule has 1 N–H and O–H groups in total. The summed E-state index contributed by atoms with van der Waals surface area (Å²) in [7, 11) is 0. The molecule has 0 saturated carbocycles. The molecule has 0 aromatic heterocycles. The number of aromatic carboxylic acids is 1. The minimum Gasteiger partial charge on any atom is -0.478 e. The predicted molar refractivity (Wildman–Crippen MR) is 49.3 cm³/mol. The summed E-state index contributed by atoms with van der Waals surface area (Å²) < 4.78 is 0. The number of hydrogen-bond acceptors (Lipinski definition) is 1. The third-order valence-corrected chi connectivity index (χ3v) is 1.59. The molecule has 2 heteroatoms. The third-order valence-electron chi connectivity index (χ3n) is 1.59. The van der Waals surface area contributed by atoms with E-state index in [9.17, 15) is 4.79 Å². The molecule has 0 bridgehead atoms. The predicted octanol–water partition coefficient (Wildman–Crippen LogP) is 1.35. The van der Waals surface area contributed by atoms with Gasteiger partial charge in [0.2, 0.25) is 0 Å². The largest absolute Gasteiger partial charge is 0.478 e. The van der Waals surface area contributed by atoms with Crippen LogP contribution < -0.4 is 0 Å². The first-order chi connectivity index (χ1) is 6.20. The maximum Gasteiger partial charge on any atom is 0.337 e. The second-order valence-electron chi connectivity index (χ2n) is 2.32. The van der Waals surface area contributed by atoms with Crippen LogP contribution in [0.2, 0.25) is 0 Å². The van der Waals surface area contributed by atoms with Gasteiger partial charge in [-0.05, 0) is 12.1 Å². The fourth-order valence-electron chi connectivity index (χ4n) is 1.01. The number of hydrogen-bond donors (Lipinski definition) is 1. The van der Waals surface area contributed by atoms with Crippen molar-refractivity contribution >= 4 is 5.97 Å². The van der Waals surface area contributed by atoms with Gasteiger partial charge < -0.3 is 5.11 Å². The zero-order valence-electron chi connectivity index (χ0n) is 6.74. The van der Waals surface area contributed by atoms with Gasteiger partial charge >= 0.3 is 5.97 Å². The van der Waals surface area contributed by atoms with Crippen LogP contribution >= 0.6 is 0 Å². The average Bonchev–Trinajstić information content (AvgIpc) is 2.16. The quantitative estimate of drug-likeness (QED) is 0.646. The van der Waals surface area contributed by atoms with Gasteiger partial charge in [-0.3, -0.25) is 0 Å². The van der Waals surface area contributed by atoms with Crippen molar-refractivity contribution in [3.63, 3.8) is 0 Å². The van der Waals surface area contributed by atoms with E-state index in [1.807, 2.05) is 0 Å². The van der Waals surface area contributed by atoms with Gasteiger partial charge in [0.15, 0.2) is 0 Å². The number of rotatable bonds is 1. The van der Waals surface area contributed by atoms with Gasteiger partial charge in [0.05, 0.1) is 11.1 Å². The first kappa shape index (κ1) is 8.90. The van der Waals surface area contributed by atoms with Crippen molar-refractivity contribution in [3.05, 3.63) is 34.9 Å². The van der Waals surface area contributed by atoms with E-state index in [-0.39, 0.29) is 11.1 Å². The summed E-state index contributed by atoms with van der Waals surface area (Å²) in [6.07, 6.45) is 10.3. The van der Waals surface area contributed by atoms with Crippen molar-refractivity contribution in [2.45, 2.75) is 0 Å². The van der Waals surface area contributed by atoms with Gasteiger partial charge in [0.25, 0.3) is 0 Å². The Kier molecular flexibility index (Phi) is 2.38. The number of terminal acetylenes is 2. The summed E-state index contributed by atoms with van der Waals surface area (Å²) in [5.74, 6) is 3.54. The smallest absolute Gasteiger partial charge is 0.337 e. The van der Waals surface area contributed by atoms with E-state index in [1.54, 1.807) is 12.1 Å². The van der Waals surface area contributed by atoms with Crippen molar-refractivity contribution < 1.29 is 9.90 Å². The Balaban J connectivity index is 3.49. The van der Waals surface area contributed by atoms with E-state index >= 15 is 0 Å². The Morgan fingerprint density at radius 1 is 1.31 bits per heavy atom. The molecule has 62 valence electrons. The van der Waals surface area contributed by atoms with Gasteiger partial charge in [-0.25, -0.2) is 4.79 Å². The highest BCUT2D eigenvalue weighted by Gasteiger charge is 2.10. The van der Waals surface area contributed by atoms with Gasteiger partial charge in [0, 0.05) is 5.56 Å². The van der Waals surface area contributed by atoms with Crippen LogP contribution in [0.1, 0.15) is 21.5 Å². The summed E-state index contributed by atoms with van der Waals surface area (Å²) in [5.41, 5.74) is 0.762. The van der Waals surface area contributed by atoms with Crippen LogP contribution in [0.5, 0.6) is 0 Å². The summed E-state index contributed by atoms with van der Waals surface area (Å²) in [5, 5.41) is 8.75. The molecule has 2 nitrogen and oxygen atoms in total. The molecule has 0 fully saturated rings. The lowest BCUT2D eigenvalue weighted by Crippen LogP contribution is -2.01. The maximum absolute atomic E-state index is 10.7. The van der Waals surface area contributed by atoms with E-state index in [4.69, 9.17) is 18.0 Å². The minimum absolute atomic E-state index is 0.0675. The van der Waals surface area contributed by atoms with Crippen molar-refractivity contribution in [2.75, 3.05) is 0 Å². The summed E-state index contributed by atoms with van der Waals surface area (Å²) in [6, 6.07) is 4.61. The topological polar surface area (TPSA) is 37.3 Å². The minimum atomic E-state index is -1.06. The summed E-state index contributed by atoms with van der Waals surface area (Å²) in [6.45, 7) is 0. The molecule has 1 rings (SSSR count). The number of carboxylic acids is 1. The van der Waals surface area contributed by atoms with Crippen LogP contribution in [0.3, 0.4) is 0 Å². The van der Waals surface area contributed by atoms with Gasteiger partial charge in [-0.1, -0.05) is 17.9 Å². The second-order valence-corrected chi connectivity index (χ2v) is 2.32. The molecule has 0 amide bonds. The highest BCUT2D eigenvalue weighted by atomic mass is 16.4. The van der Waals surface area contributed by atoms with Gasteiger partial charge in [0.1, 0.15) is 0 Å². The van der Waals surface area contributed by atoms with E-state index < -0.39 is 5.97 Å². The summed E-state index contributed by atoms with van der Waals surface area (Å²) in [4.78, 5) is 10.7. The Hall–Kier alpha value is -2.19. The van der Waals surface area contributed by atoms with Crippen LogP contribution in [0.4, 0.5) is 0 Å². The van der Waals surface area contributed by atoms with E-state index in [2.05, 4.69) is 11.8 Å². The van der Waals surface area contributed by atoms with Crippen LogP contribution in [0.15, 0.2) is 18.2 Å². The lowest BCUT2D eigenvalue weighted by Gasteiger charge is -2.00. The fraction of sp³-hybridized carbons (Fsp3) is 0. The molecule has 1 aromatic carbocycles. The van der Waals surface area contributed by atoms with E-state index in [0.717, 1.165) is 0 Å². The third kappa shape index (κ3) is 1.52. The Labute approximate surface area is 76.2 Å². The molecule has 0 spiro atoms. The van der Waals surface area contributed by atoms with E-state index in [1.165, 1.54) is 6.07 Å². The highest BCUT2D eigenvalue weighted by Crippen LogP contribution is 2.12. The zero-order chi connectivity index (χ0) is 9.84. The molecule has 0 aliphatic heterocycles. The van der Waals surface area contributed by atoms with Crippen molar-refractivity contribution in [2.24, 2.45) is 0 Å². The SMILES string of the molecule is C#Cc1cccc(C(=O)O)c1C#C. The fourth-order valence-corrected chi connectivity index (χ4v) is 1.01. The molecular weight excluding hydrogens is 164 g/mol. The Morgan fingerprint density at radius 2 is 2.00 bits per heavy atom. The van der Waals surface area contributed by atoms with Crippen LogP contribution in [0, 0.1) is 24.7 Å². The molecule has 0 unspecified atom stereocenters. The molecule has 0 saturated heterocycles. The standard InChI is InChI=1S/C11H6O2/c1-3-8-6-5-7-10(11(12)13)9(8)4-2/h1-2,5-7H,(H,12,13). The molecule has 1 aromatic rings. The normalized spacial score (nSPS) is 8.46. The maximum atomic E-state index is 10.7. The monoisotopic (exact) mass is 170 g/mol. The van der Waals surface area contributed by atoms with Crippen molar-refractivity contribution in [1.29, 1.82) is 0 Å². The van der Waals surface area contributed by atoms with Crippen LogP contribution in [0.25, 0.3) is 0 Å². The average molecular weight is 170 g/mol. The van der Waals surface area contributed by atoms with Gasteiger partial charge in [-0.15, -0.1) is 12.8 Å². The summed E-state index contributed by atoms with van der Waals surface area (Å²) >= 11 is 0. The van der Waals surface area contributed by atoms with Crippen LogP contribution in [-0.2, 0) is 0 Å². The van der Waals surface area contributed by atoms with E-state index in [0.29, 0.717) is 5.56 Å². The zero-order valence-corrected chi connectivity index (χ0v) is 6.74. The second kappa shape index (κ2) is 3.47. The number of carboxylic acid groups (broad SMARTS) is 1. The van der Waals surface area contributed by atoms with Crippen molar-refractivity contribution in [1.82, 2.24) is 0 Å². The molecule has 0 aliphatic rings. The lowest BCUT2D eigenvalue weighted by atomic mass is 10.0. The first-order valence-electron chi connectivity index (χ1n) is 3.50. The molecule has 0 aliphatic carbocycles. The van der Waals surface area contributed by atoms with Gasteiger partial charge in [-0.2, -0.15) is 0 Å². The Bertz CT molecular complexity index is 430. The Morgan fingerprint density at radius 3 is 2.46 bits per heavy atom. The molecule has 0 atom stereocenters. The lowest BCUT2D eigenvalue weighted by molar-refractivity contribution is 0.0696. The molecule has 0 heterocycles. The highest BCUT2D eigenvalue weighted by molar-refractivity contribution is 5.91. The van der Waals surface area contributed by atoms with Crippen LogP contribution in [-0.4, -0.2) is 11.1 Å².